The molecular weight excluding hydrogens is 394 g/mol. The van der Waals surface area contributed by atoms with Gasteiger partial charge >= 0.3 is 5.97 Å². The first kappa shape index (κ1) is 20.9. The lowest BCUT2D eigenvalue weighted by molar-refractivity contribution is -0.150. The van der Waals surface area contributed by atoms with Gasteiger partial charge in [-0.15, -0.1) is 11.8 Å². The number of aliphatic carboxylic acids is 1. The van der Waals surface area contributed by atoms with Crippen molar-refractivity contribution in [3.8, 4) is 0 Å². The van der Waals surface area contributed by atoms with E-state index in [1.54, 1.807) is 20.8 Å². The number of benzene rings is 1. The molecule has 29 heavy (non-hydrogen) atoms. The Morgan fingerprint density at radius 3 is 2.45 bits per heavy atom. The zero-order valence-corrected chi connectivity index (χ0v) is 17.2. The van der Waals surface area contributed by atoms with Crippen molar-refractivity contribution in [1.29, 1.82) is 0 Å². The van der Waals surface area contributed by atoms with Gasteiger partial charge in [0.15, 0.2) is 0 Å². The Kier molecular flexibility index (Phi) is 5.70. The molecule has 0 spiro atoms. The predicted octanol–water partition coefficient (Wildman–Crippen LogP) is 0.882. The van der Waals surface area contributed by atoms with E-state index in [0.717, 1.165) is 10.5 Å². The van der Waals surface area contributed by atoms with Crippen LogP contribution in [0.2, 0.25) is 0 Å². The fourth-order valence-corrected chi connectivity index (χ4v) is 4.56. The van der Waals surface area contributed by atoms with Gasteiger partial charge in [0.2, 0.25) is 5.91 Å². The molecule has 2 aliphatic rings. The smallest absolute Gasteiger partial charge is 0.353 e. The fourth-order valence-electron chi connectivity index (χ4n) is 3.21. The lowest BCUT2D eigenvalue weighted by Crippen LogP contribution is -2.71. The summed E-state index contributed by atoms with van der Waals surface area (Å²) in [5.41, 5.74) is 0.0181. The number of thioether (sulfide) groups is 1. The van der Waals surface area contributed by atoms with Gasteiger partial charge in [-0.1, -0.05) is 30.3 Å². The molecule has 0 bridgehead atoms. The van der Waals surface area contributed by atoms with Crippen molar-refractivity contribution in [2.75, 3.05) is 5.75 Å². The van der Waals surface area contributed by atoms with Gasteiger partial charge in [-0.05, 0) is 26.3 Å². The van der Waals surface area contributed by atoms with E-state index in [-0.39, 0.29) is 29.4 Å². The zero-order valence-electron chi connectivity index (χ0n) is 16.4. The van der Waals surface area contributed by atoms with Crippen LogP contribution in [0.25, 0.3) is 0 Å². The van der Waals surface area contributed by atoms with Crippen LogP contribution in [0.5, 0.6) is 0 Å². The van der Waals surface area contributed by atoms with Gasteiger partial charge in [-0.25, -0.2) is 4.79 Å². The normalized spacial score (nSPS) is 21.2. The van der Waals surface area contributed by atoms with Crippen molar-refractivity contribution in [3.05, 3.63) is 47.2 Å². The van der Waals surface area contributed by atoms with Gasteiger partial charge in [-0.3, -0.25) is 19.3 Å². The number of carboxylic acids is 1. The maximum atomic E-state index is 12.6. The number of rotatable bonds is 5. The second kappa shape index (κ2) is 7.90. The van der Waals surface area contributed by atoms with Crippen molar-refractivity contribution in [3.63, 3.8) is 0 Å². The lowest BCUT2D eigenvalue weighted by Gasteiger charge is -2.49. The number of nitrogens with one attached hydrogen (secondary N) is 2. The summed E-state index contributed by atoms with van der Waals surface area (Å²) in [5.74, 6) is -2.54. The standard InChI is InChI=1S/C20H23N3O5S/c1-20(2,3)22-16(25)12-10-29-18-14(17(26)23(18)15(12)19(27)28)21-13(24)9-11-7-5-4-6-8-11/h4-8,14,18H,9-10H2,1-3H3,(H,21,24)(H,22,25)(H,27,28)/t14?,18-/m0/s1. The van der Waals surface area contributed by atoms with Crippen LogP contribution >= 0.6 is 11.8 Å². The number of nitrogens with zero attached hydrogens (tertiary/aromatic N) is 1. The molecule has 0 radical (unpaired) electrons. The van der Waals surface area contributed by atoms with E-state index in [9.17, 15) is 24.3 Å². The molecule has 2 atom stereocenters. The molecule has 0 saturated carbocycles. The highest BCUT2D eigenvalue weighted by Crippen LogP contribution is 2.40. The number of carbonyl (C=O) groups excluding carboxylic acids is 3. The van der Waals surface area contributed by atoms with Gasteiger partial charge in [0, 0.05) is 11.3 Å². The predicted molar refractivity (Wildman–Crippen MR) is 108 cm³/mol. The van der Waals surface area contributed by atoms with Crippen LogP contribution in [0.3, 0.4) is 0 Å². The first-order chi connectivity index (χ1) is 13.6. The van der Waals surface area contributed by atoms with Gasteiger partial charge < -0.3 is 15.7 Å². The topological polar surface area (TPSA) is 116 Å². The van der Waals surface area contributed by atoms with Gasteiger partial charge in [0.05, 0.1) is 12.0 Å². The Labute approximate surface area is 172 Å². The molecule has 154 valence electrons. The molecule has 8 nitrogen and oxygen atoms in total. The first-order valence-corrected chi connectivity index (χ1v) is 10.2. The molecule has 3 rings (SSSR count). The van der Waals surface area contributed by atoms with E-state index in [1.807, 2.05) is 30.3 Å². The van der Waals surface area contributed by atoms with Crippen LogP contribution in [-0.4, -0.2) is 56.4 Å². The Bertz CT molecular complexity index is 891. The molecule has 1 unspecified atom stereocenters. The Morgan fingerprint density at radius 2 is 1.86 bits per heavy atom. The Hall–Kier alpha value is -2.81. The van der Waals surface area contributed by atoms with Crippen LogP contribution in [0, 0.1) is 0 Å². The average Bonchev–Trinajstić information content (AvgIpc) is 2.64. The van der Waals surface area contributed by atoms with Crippen molar-refractivity contribution < 1.29 is 24.3 Å². The van der Waals surface area contributed by atoms with E-state index < -0.39 is 34.7 Å². The first-order valence-electron chi connectivity index (χ1n) is 9.15. The molecule has 1 saturated heterocycles. The summed E-state index contributed by atoms with van der Waals surface area (Å²) in [7, 11) is 0. The van der Waals surface area contributed by atoms with Crippen LogP contribution in [-0.2, 0) is 25.6 Å². The maximum Gasteiger partial charge on any atom is 0.353 e. The molecular formula is C20H23N3O5S. The third-order valence-corrected chi connectivity index (χ3v) is 5.74. The molecule has 3 amide bonds. The maximum absolute atomic E-state index is 12.6. The Morgan fingerprint density at radius 1 is 1.21 bits per heavy atom. The minimum atomic E-state index is -1.34. The number of carbonyl (C=O) groups is 4. The Balaban J connectivity index is 1.74. The largest absolute Gasteiger partial charge is 0.477 e. The van der Waals surface area contributed by atoms with Crippen LogP contribution < -0.4 is 10.6 Å². The minimum Gasteiger partial charge on any atom is -0.477 e. The molecule has 3 N–H and O–H groups in total. The summed E-state index contributed by atoms with van der Waals surface area (Å²) in [4.78, 5) is 50.3. The van der Waals surface area contributed by atoms with Crippen LogP contribution in [0.15, 0.2) is 41.6 Å². The molecule has 1 fully saturated rings. The van der Waals surface area contributed by atoms with Crippen molar-refractivity contribution in [2.24, 2.45) is 0 Å². The number of fused-ring (bicyclic) bond motifs is 1. The van der Waals surface area contributed by atoms with Gasteiger partial charge in [0.25, 0.3) is 11.8 Å². The molecule has 1 aromatic rings. The summed E-state index contributed by atoms with van der Waals surface area (Å²) in [6.45, 7) is 5.37. The van der Waals surface area contributed by atoms with Crippen LogP contribution in [0.1, 0.15) is 26.3 Å². The summed E-state index contributed by atoms with van der Waals surface area (Å²) >= 11 is 1.27. The third kappa shape index (κ3) is 4.45. The molecule has 1 aromatic carbocycles. The number of amides is 3. The average molecular weight is 417 g/mol. The third-order valence-electron chi connectivity index (χ3n) is 4.46. The monoisotopic (exact) mass is 417 g/mol. The molecule has 2 heterocycles. The summed E-state index contributed by atoms with van der Waals surface area (Å²) in [6, 6.07) is 8.32. The lowest BCUT2D eigenvalue weighted by atomic mass is 10.0. The molecule has 0 aliphatic carbocycles. The summed E-state index contributed by atoms with van der Waals surface area (Å²) < 4.78 is 0. The van der Waals surface area contributed by atoms with Crippen molar-refractivity contribution >= 4 is 35.5 Å². The van der Waals surface area contributed by atoms with Crippen molar-refractivity contribution in [2.45, 2.75) is 44.1 Å². The number of carboxylic acid groups (broad SMARTS) is 1. The van der Waals surface area contributed by atoms with Crippen LogP contribution in [0.4, 0.5) is 0 Å². The number of hydrogen-bond donors (Lipinski definition) is 3. The highest BCUT2D eigenvalue weighted by atomic mass is 32.2. The highest BCUT2D eigenvalue weighted by Gasteiger charge is 2.55. The minimum absolute atomic E-state index is 0.0519. The second-order valence-corrected chi connectivity index (χ2v) is 9.06. The summed E-state index contributed by atoms with van der Waals surface area (Å²) in [6.07, 6.45) is 0.128. The second-order valence-electron chi connectivity index (χ2n) is 7.95. The number of hydrogen-bond acceptors (Lipinski definition) is 5. The molecule has 0 aromatic heterocycles. The zero-order chi connectivity index (χ0) is 21.3. The van der Waals surface area contributed by atoms with Gasteiger partial charge in [-0.2, -0.15) is 0 Å². The molecule has 9 heteroatoms. The van der Waals surface area contributed by atoms with Gasteiger partial charge in [0.1, 0.15) is 17.1 Å². The van der Waals surface area contributed by atoms with E-state index in [2.05, 4.69) is 10.6 Å². The highest BCUT2D eigenvalue weighted by molar-refractivity contribution is 8.00. The van der Waals surface area contributed by atoms with E-state index in [1.165, 1.54) is 11.8 Å². The molecule has 2 aliphatic heterocycles. The quantitative estimate of drug-likeness (QED) is 0.613. The summed E-state index contributed by atoms with van der Waals surface area (Å²) in [5, 5.41) is 14.5. The van der Waals surface area contributed by atoms with Crippen molar-refractivity contribution in [1.82, 2.24) is 15.5 Å². The van der Waals surface area contributed by atoms with E-state index in [4.69, 9.17) is 0 Å². The van der Waals surface area contributed by atoms with E-state index >= 15 is 0 Å². The SMILES string of the molecule is CC(C)(C)NC(=O)C1=C(C(=O)O)N2C(=O)C(NC(=O)Cc3ccccc3)[C@@H]2SC1. The number of β-lactam (4-membered cyclic amide) rings is 1. The fraction of sp³-hybridized carbons (Fsp3) is 0.400. The van der Waals surface area contributed by atoms with E-state index in [0.29, 0.717) is 0 Å².